The van der Waals surface area contributed by atoms with Gasteiger partial charge in [0.25, 0.3) is 0 Å². The van der Waals surface area contributed by atoms with Gasteiger partial charge >= 0.3 is 6.18 Å². The summed E-state index contributed by atoms with van der Waals surface area (Å²) in [6.45, 7) is 0.382. The molecule has 0 radical (unpaired) electrons. The number of imidazole rings is 1. The summed E-state index contributed by atoms with van der Waals surface area (Å²) in [6, 6.07) is 5.17. The highest BCUT2D eigenvalue weighted by Crippen LogP contribution is 2.34. The van der Waals surface area contributed by atoms with Gasteiger partial charge in [-0.1, -0.05) is 6.07 Å². The number of nitrogens with zero attached hydrogens (tertiary/aromatic N) is 4. The quantitative estimate of drug-likeness (QED) is 0.575. The monoisotopic (exact) mass is 426 g/mol. The molecule has 0 saturated heterocycles. The van der Waals surface area contributed by atoms with Gasteiger partial charge in [0.2, 0.25) is 5.28 Å². The average molecular weight is 427 g/mol. The molecule has 2 heterocycles. The van der Waals surface area contributed by atoms with E-state index in [0.29, 0.717) is 29.4 Å². The minimum atomic E-state index is -4.52. The lowest BCUT2D eigenvalue weighted by Gasteiger charge is -2.13. The van der Waals surface area contributed by atoms with Crippen molar-refractivity contribution in [1.29, 1.82) is 0 Å². The first-order valence-corrected chi connectivity index (χ1v) is 8.82. The second-order valence-corrected chi connectivity index (χ2v) is 6.44. The van der Waals surface area contributed by atoms with Crippen molar-refractivity contribution in [2.24, 2.45) is 7.05 Å². The molecule has 0 bridgehead atoms. The van der Waals surface area contributed by atoms with E-state index in [4.69, 9.17) is 16.3 Å². The molecule has 0 fully saturated rings. The molecule has 7 nitrogen and oxygen atoms in total. The molecule has 0 spiro atoms. The summed E-state index contributed by atoms with van der Waals surface area (Å²) in [6.07, 6.45) is -2.01. The molecule has 1 aromatic carbocycles. The van der Waals surface area contributed by atoms with Crippen molar-refractivity contribution < 1.29 is 17.9 Å². The molecule has 0 aliphatic rings. The summed E-state index contributed by atoms with van der Waals surface area (Å²) < 4.78 is 45.6. The fourth-order valence-electron chi connectivity index (χ4n) is 2.75. The van der Waals surface area contributed by atoms with Crippen LogP contribution in [0.4, 0.5) is 24.7 Å². The van der Waals surface area contributed by atoms with Gasteiger partial charge in [-0.05, 0) is 29.3 Å². The predicted octanol–water partition coefficient (Wildman–Crippen LogP) is 4.21. The average Bonchev–Trinajstić information content (AvgIpc) is 3.08. The molecule has 0 unspecified atom stereocenters. The minimum Gasteiger partial charge on any atom is -0.496 e. The summed E-state index contributed by atoms with van der Waals surface area (Å²) in [5, 5.41) is 6.21. The Morgan fingerprint density at radius 3 is 2.62 bits per heavy atom. The molecule has 2 N–H and O–H groups in total. The van der Waals surface area contributed by atoms with Crippen LogP contribution in [0.5, 0.6) is 5.75 Å². The third-order valence-corrected chi connectivity index (χ3v) is 4.34. The highest BCUT2D eigenvalue weighted by atomic mass is 35.5. The summed E-state index contributed by atoms with van der Waals surface area (Å²) >= 11 is 5.84. The smallest absolute Gasteiger partial charge is 0.434 e. The Labute approximate surface area is 169 Å². The van der Waals surface area contributed by atoms with E-state index in [1.54, 1.807) is 31.4 Å². The lowest BCUT2D eigenvalue weighted by molar-refractivity contribution is -0.140. The lowest BCUT2D eigenvalue weighted by Crippen LogP contribution is -2.06. The maximum absolute atomic E-state index is 13.0. The van der Waals surface area contributed by atoms with Gasteiger partial charge in [-0.25, -0.2) is 9.97 Å². The van der Waals surface area contributed by atoms with E-state index in [0.717, 1.165) is 11.8 Å². The summed E-state index contributed by atoms with van der Waals surface area (Å²) in [5.74, 6) is 1.09. The van der Waals surface area contributed by atoms with E-state index >= 15 is 0 Å². The van der Waals surface area contributed by atoms with Crippen molar-refractivity contribution in [3.63, 3.8) is 0 Å². The highest BCUT2D eigenvalue weighted by molar-refractivity contribution is 6.28. The molecule has 3 aromatic rings. The number of alkyl halides is 3. The second-order valence-electron chi connectivity index (χ2n) is 6.10. The molecule has 2 aromatic heterocycles. The molecule has 29 heavy (non-hydrogen) atoms. The van der Waals surface area contributed by atoms with Crippen LogP contribution in [-0.2, 0) is 19.8 Å². The van der Waals surface area contributed by atoms with E-state index in [1.807, 2.05) is 0 Å². The first-order chi connectivity index (χ1) is 13.7. The Hall–Kier alpha value is -3.01. The molecular weight excluding hydrogens is 409 g/mol. The van der Waals surface area contributed by atoms with E-state index in [2.05, 4.69) is 25.6 Å². The van der Waals surface area contributed by atoms with E-state index in [1.165, 1.54) is 18.7 Å². The number of rotatable bonds is 6. The first kappa shape index (κ1) is 20.7. The Morgan fingerprint density at radius 1 is 1.24 bits per heavy atom. The van der Waals surface area contributed by atoms with Crippen molar-refractivity contribution >= 4 is 23.1 Å². The maximum atomic E-state index is 13.0. The number of anilines is 2. The van der Waals surface area contributed by atoms with Crippen LogP contribution < -0.4 is 15.4 Å². The zero-order chi connectivity index (χ0) is 21.2. The number of methoxy groups -OCH3 is 1. The molecular formula is C18H18ClF3N6O. The number of aryl methyl sites for hydroxylation is 1. The van der Waals surface area contributed by atoms with E-state index < -0.39 is 11.9 Å². The fraction of sp³-hybridized carbons (Fsp3) is 0.278. The van der Waals surface area contributed by atoms with Gasteiger partial charge in [0.15, 0.2) is 11.5 Å². The van der Waals surface area contributed by atoms with Crippen molar-refractivity contribution in [1.82, 2.24) is 19.5 Å². The third-order valence-electron chi connectivity index (χ3n) is 4.16. The van der Waals surface area contributed by atoms with Gasteiger partial charge in [0.1, 0.15) is 11.6 Å². The second kappa shape index (κ2) is 8.16. The van der Waals surface area contributed by atoms with Crippen LogP contribution in [0.2, 0.25) is 5.28 Å². The molecule has 0 aliphatic heterocycles. The highest BCUT2D eigenvalue weighted by Gasteiger charge is 2.34. The van der Waals surface area contributed by atoms with Crippen LogP contribution in [0, 0.1) is 0 Å². The van der Waals surface area contributed by atoms with Gasteiger partial charge in [0.05, 0.1) is 24.6 Å². The number of halogens is 4. The van der Waals surface area contributed by atoms with Crippen LogP contribution in [-0.4, -0.2) is 33.7 Å². The molecule has 154 valence electrons. The number of nitrogens with one attached hydrogen (secondary N) is 2. The molecule has 11 heteroatoms. The van der Waals surface area contributed by atoms with Crippen molar-refractivity contribution in [3.8, 4) is 17.1 Å². The third kappa shape index (κ3) is 4.53. The zero-order valence-corrected chi connectivity index (χ0v) is 16.6. The van der Waals surface area contributed by atoms with Crippen LogP contribution in [0.1, 0.15) is 11.3 Å². The van der Waals surface area contributed by atoms with Gasteiger partial charge < -0.3 is 19.9 Å². The van der Waals surface area contributed by atoms with Gasteiger partial charge in [-0.15, -0.1) is 0 Å². The number of hydrogen-bond donors (Lipinski definition) is 2. The number of aromatic nitrogens is 4. The number of hydrogen-bond acceptors (Lipinski definition) is 6. The molecule has 0 amide bonds. The molecule has 0 atom stereocenters. The van der Waals surface area contributed by atoms with Crippen molar-refractivity contribution in [2.75, 3.05) is 24.8 Å². The Balaban J connectivity index is 1.87. The van der Waals surface area contributed by atoms with Crippen LogP contribution in [0.3, 0.4) is 0 Å². The lowest BCUT2D eigenvalue weighted by atomic mass is 10.1. The SMILES string of the molecule is CNc1cnc(Cl)nc1NCc1ccc(-c2nc(C(F)(F)F)cn2C)c(OC)c1. The van der Waals surface area contributed by atoms with E-state index in [9.17, 15) is 13.2 Å². The Bertz CT molecular complexity index is 1020. The largest absolute Gasteiger partial charge is 0.496 e. The van der Waals surface area contributed by atoms with E-state index in [-0.39, 0.29) is 11.1 Å². The maximum Gasteiger partial charge on any atom is 0.434 e. The minimum absolute atomic E-state index is 0.106. The Morgan fingerprint density at radius 2 is 2.00 bits per heavy atom. The van der Waals surface area contributed by atoms with Crippen molar-refractivity contribution in [2.45, 2.75) is 12.7 Å². The number of benzene rings is 1. The normalized spacial score (nSPS) is 11.4. The Kier molecular flexibility index (Phi) is 5.83. The van der Waals surface area contributed by atoms with Crippen LogP contribution in [0.15, 0.2) is 30.6 Å². The first-order valence-electron chi connectivity index (χ1n) is 8.45. The summed E-state index contributed by atoms with van der Waals surface area (Å²) in [4.78, 5) is 11.8. The molecule has 3 rings (SSSR count). The van der Waals surface area contributed by atoms with Crippen molar-refractivity contribution in [3.05, 3.63) is 47.1 Å². The van der Waals surface area contributed by atoms with Crippen LogP contribution in [0.25, 0.3) is 11.4 Å². The predicted molar refractivity (Wildman–Crippen MR) is 104 cm³/mol. The summed E-state index contributed by atoms with van der Waals surface area (Å²) in [7, 11) is 4.69. The topological polar surface area (TPSA) is 76.9 Å². The number of ether oxygens (including phenoxy) is 1. The standard InChI is InChI=1S/C18H18ClF3N6O/c1-23-12-8-25-17(19)27-15(12)24-7-10-4-5-11(13(6-10)29-3)16-26-14(9-28(16)2)18(20,21)22/h4-6,8-9,23H,7H2,1-3H3,(H,24,25,27). The summed E-state index contributed by atoms with van der Waals surface area (Å²) in [5.41, 5.74) is 0.997. The molecule has 0 saturated carbocycles. The molecule has 0 aliphatic carbocycles. The zero-order valence-electron chi connectivity index (χ0n) is 15.8. The van der Waals surface area contributed by atoms with Crippen LogP contribution >= 0.6 is 11.6 Å². The fourth-order valence-corrected chi connectivity index (χ4v) is 2.88. The van der Waals surface area contributed by atoms with Gasteiger partial charge in [-0.3, -0.25) is 0 Å². The van der Waals surface area contributed by atoms with Gasteiger partial charge in [-0.2, -0.15) is 18.2 Å². The van der Waals surface area contributed by atoms with Gasteiger partial charge in [0, 0.05) is 26.8 Å².